The SMILES string of the molecule is C=CCCc1ccc2c(F)c(CCc3ccc(C4CCC(CCCCC)CC4)cc3)ccc2c1. The van der Waals surface area contributed by atoms with Crippen LogP contribution in [0.15, 0.2) is 67.3 Å². The molecule has 3 aromatic rings. The van der Waals surface area contributed by atoms with Gasteiger partial charge in [-0.25, -0.2) is 4.39 Å². The van der Waals surface area contributed by atoms with E-state index in [4.69, 9.17) is 0 Å². The molecule has 0 bridgehead atoms. The second kappa shape index (κ2) is 12.3. The van der Waals surface area contributed by atoms with Crippen molar-refractivity contribution in [3.63, 3.8) is 0 Å². The lowest BCUT2D eigenvalue weighted by Gasteiger charge is -2.29. The average Bonchev–Trinajstić information content (AvgIpc) is 2.88. The molecule has 0 unspecified atom stereocenters. The quantitative estimate of drug-likeness (QED) is 0.199. The molecule has 0 radical (unpaired) electrons. The fourth-order valence-corrected chi connectivity index (χ4v) is 5.71. The molecular weight excluding hydrogens is 415 g/mol. The Hall–Kier alpha value is -2.41. The monoisotopic (exact) mass is 456 g/mol. The van der Waals surface area contributed by atoms with E-state index in [9.17, 15) is 0 Å². The number of benzene rings is 3. The number of allylic oxidation sites excluding steroid dienone is 1. The Morgan fingerprint density at radius 3 is 2.35 bits per heavy atom. The maximum atomic E-state index is 15.2. The molecule has 0 saturated heterocycles. The summed E-state index contributed by atoms with van der Waals surface area (Å²) in [5.41, 5.74) is 4.86. The second-order valence-electron chi connectivity index (χ2n) is 10.4. The van der Waals surface area contributed by atoms with Crippen LogP contribution in [0.25, 0.3) is 10.8 Å². The molecule has 3 aromatic carbocycles. The Morgan fingerprint density at radius 2 is 1.62 bits per heavy atom. The van der Waals surface area contributed by atoms with Gasteiger partial charge in [-0.3, -0.25) is 0 Å². The molecule has 0 aliphatic heterocycles. The molecule has 1 fully saturated rings. The summed E-state index contributed by atoms with van der Waals surface area (Å²) in [6, 6.07) is 19.4. The Bertz CT molecular complexity index is 1050. The molecule has 0 heterocycles. The van der Waals surface area contributed by atoms with E-state index in [1.807, 2.05) is 18.2 Å². The van der Waals surface area contributed by atoms with Crippen molar-refractivity contribution in [3.8, 4) is 0 Å². The first-order chi connectivity index (χ1) is 16.7. The number of fused-ring (bicyclic) bond motifs is 1. The number of hydrogen-bond acceptors (Lipinski definition) is 0. The van der Waals surface area contributed by atoms with Crippen LogP contribution in [0.4, 0.5) is 4.39 Å². The predicted molar refractivity (Wildman–Crippen MR) is 145 cm³/mol. The van der Waals surface area contributed by atoms with Crippen LogP contribution in [-0.2, 0) is 19.3 Å². The van der Waals surface area contributed by atoms with Crippen LogP contribution in [0.5, 0.6) is 0 Å². The predicted octanol–water partition coefficient (Wildman–Crippen LogP) is 9.74. The Labute approximate surface area is 206 Å². The summed E-state index contributed by atoms with van der Waals surface area (Å²) in [4.78, 5) is 0. The van der Waals surface area contributed by atoms with E-state index >= 15 is 4.39 Å². The zero-order valence-electron chi connectivity index (χ0n) is 21.0. The van der Waals surface area contributed by atoms with Crippen molar-refractivity contribution in [2.75, 3.05) is 0 Å². The Balaban J connectivity index is 1.32. The summed E-state index contributed by atoms with van der Waals surface area (Å²) < 4.78 is 15.2. The van der Waals surface area contributed by atoms with Crippen LogP contribution in [-0.4, -0.2) is 0 Å². The molecular formula is C33H41F. The molecule has 0 nitrogen and oxygen atoms in total. The third-order valence-electron chi connectivity index (χ3n) is 7.93. The van der Waals surface area contributed by atoms with E-state index in [0.717, 1.165) is 53.9 Å². The minimum atomic E-state index is -0.0555. The Morgan fingerprint density at radius 1 is 0.853 bits per heavy atom. The zero-order valence-corrected chi connectivity index (χ0v) is 21.0. The topological polar surface area (TPSA) is 0 Å². The highest BCUT2D eigenvalue weighted by Crippen LogP contribution is 2.38. The second-order valence-corrected chi connectivity index (χ2v) is 10.4. The minimum absolute atomic E-state index is 0.0555. The van der Waals surface area contributed by atoms with E-state index in [-0.39, 0.29) is 5.82 Å². The van der Waals surface area contributed by atoms with E-state index < -0.39 is 0 Å². The number of rotatable bonds is 11. The maximum absolute atomic E-state index is 15.2. The average molecular weight is 457 g/mol. The van der Waals surface area contributed by atoms with Gasteiger partial charge in [0.1, 0.15) is 5.82 Å². The van der Waals surface area contributed by atoms with Gasteiger partial charge in [-0.1, -0.05) is 93.3 Å². The van der Waals surface area contributed by atoms with E-state index in [0.29, 0.717) is 0 Å². The highest BCUT2D eigenvalue weighted by molar-refractivity contribution is 5.84. The van der Waals surface area contributed by atoms with Gasteiger partial charge in [-0.15, -0.1) is 6.58 Å². The number of aryl methyl sites for hydroxylation is 3. The first kappa shape index (κ1) is 24.7. The van der Waals surface area contributed by atoms with Gasteiger partial charge in [0.05, 0.1) is 0 Å². The lowest BCUT2D eigenvalue weighted by Crippen LogP contribution is -2.13. The molecule has 0 amide bonds. The summed E-state index contributed by atoms with van der Waals surface area (Å²) in [5.74, 6) is 1.63. The Kier molecular flexibility index (Phi) is 8.97. The largest absolute Gasteiger partial charge is 0.206 e. The fourth-order valence-electron chi connectivity index (χ4n) is 5.71. The van der Waals surface area contributed by atoms with Crippen LogP contribution >= 0.6 is 0 Å². The molecule has 1 aliphatic rings. The fraction of sp³-hybridized carbons (Fsp3) is 0.455. The van der Waals surface area contributed by atoms with E-state index in [1.165, 1.54) is 68.1 Å². The molecule has 180 valence electrons. The van der Waals surface area contributed by atoms with Gasteiger partial charge in [-0.05, 0) is 90.8 Å². The van der Waals surface area contributed by atoms with Gasteiger partial charge < -0.3 is 0 Å². The highest BCUT2D eigenvalue weighted by atomic mass is 19.1. The molecule has 4 rings (SSSR count). The van der Waals surface area contributed by atoms with Crippen LogP contribution in [0, 0.1) is 11.7 Å². The molecule has 0 spiro atoms. The highest BCUT2D eigenvalue weighted by Gasteiger charge is 2.22. The van der Waals surface area contributed by atoms with Crippen molar-refractivity contribution in [2.45, 2.75) is 89.9 Å². The van der Waals surface area contributed by atoms with Crippen molar-refractivity contribution in [2.24, 2.45) is 5.92 Å². The third-order valence-corrected chi connectivity index (χ3v) is 7.93. The van der Waals surface area contributed by atoms with Crippen LogP contribution in [0.2, 0.25) is 0 Å². The molecule has 0 aromatic heterocycles. The van der Waals surface area contributed by atoms with Crippen LogP contribution < -0.4 is 0 Å². The van der Waals surface area contributed by atoms with Crippen molar-refractivity contribution >= 4 is 10.8 Å². The van der Waals surface area contributed by atoms with Crippen molar-refractivity contribution in [1.29, 1.82) is 0 Å². The lowest BCUT2D eigenvalue weighted by atomic mass is 9.77. The van der Waals surface area contributed by atoms with Crippen LogP contribution in [0.3, 0.4) is 0 Å². The summed E-state index contributed by atoms with van der Waals surface area (Å²) in [6.45, 7) is 6.08. The van der Waals surface area contributed by atoms with E-state index in [2.05, 4.69) is 56.0 Å². The number of halogens is 1. The number of hydrogen-bond donors (Lipinski definition) is 0. The zero-order chi connectivity index (χ0) is 23.8. The van der Waals surface area contributed by atoms with Gasteiger partial charge in [0, 0.05) is 5.39 Å². The van der Waals surface area contributed by atoms with E-state index in [1.54, 1.807) is 0 Å². The summed E-state index contributed by atoms with van der Waals surface area (Å²) in [5, 5.41) is 1.73. The summed E-state index contributed by atoms with van der Waals surface area (Å²) >= 11 is 0. The third kappa shape index (κ3) is 6.38. The molecule has 0 atom stereocenters. The van der Waals surface area contributed by atoms with Gasteiger partial charge in [0.15, 0.2) is 0 Å². The number of unbranched alkanes of at least 4 members (excludes halogenated alkanes) is 2. The van der Waals surface area contributed by atoms with Gasteiger partial charge in [0.2, 0.25) is 0 Å². The molecule has 0 N–H and O–H groups in total. The maximum Gasteiger partial charge on any atom is 0.134 e. The van der Waals surface area contributed by atoms with Crippen molar-refractivity contribution in [3.05, 3.63) is 95.3 Å². The first-order valence-electron chi connectivity index (χ1n) is 13.6. The van der Waals surface area contributed by atoms with Gasteiger partial charge in [0.25, 0.3) is 0 Å². The van der Waals surface area contributed by atoms with Gasteiger partial charge in [-0.2, -0.15) is 0 Å². The summed E-state index contributed by atoms with van der Waals surface area (Å²) in [6.07, 6.45) is 16.5. The summed E-state index contributed by atoms with van der Waals surface area (Å²) in [7, 11) is 0. The molecule has 1 saturated carbocycles. The van der Waals surface area contributed by atoms with Crippen molar-refractivity contribution < 1.29 is 4.39 Å². The normalized spacial score (nSPS) is 18.3. The molecule has 1 aliphatic carbocycles. The minimum Gasteiger partial charge on any atom is -0.206 e. The lowest BCUT2D eigenvalue weighted by molar-refractivity contribution is 0.303. The standard InChI is InChI=1S/C33H41F/c1-3-5-7-9-25-10-16-28(17-11-25)29-18-12-26(13-19-29)14-20-30-21-22-31-24-27(8-6-4-2)15-23-32(31)33(30)34/h4,12-13,15,18-19,21-25,28H,2-3,5-11,14,16-17,20H2,1H3. The van der Waals surface area contributed by atoms with Crippen molar-refractivity contribution in [1.82, 2.24) is 0 Å². The first-order valence-corrected chi connectivity index (χ1v) is 13.6. The molecule has 1 heteroatoms. The smallest absolute Gasteiger partial charge is 0.134 e. The molecule has 34 heavy (non-hydrogen) atoms. The van der Waals surface area contributed by atoms with Gasteiger partial charge >= 0.3 is 0 Å². The van der Waals surface area contributed by atoms with Crippen LogP contribution in [0.1, 0.15) is 92.9 Å².